The number of sulfonamides is 1. The summed E-state index contributed by atoms with van der Waals surface area (Å²) < 4.78 is 41.7. The van der Waals surface area contributed by atoms with Gasteiger partial charge in [0.1, 0.15) is 29.9 Å². The minimum absolute atomic E-state index is 0.228. The normalized spacial score (nSPS) is 13.1. The molecule has 0 saturated carbocycles. The zero-order valence-corrected chi connectivity index (χ0v) is 18.6. The summed E-state index contributed by atoms with van der Waals surface area (Å²) in [4.78, 5) is 12.7. The first-order valence-corrected chi connectivity index (χ1v) is 11.2. The summed E-state index contributed by atoms with van der Waals surface area (Å²) in [5.74, 6) is 1.52. The molecule has 1 amide bonds. The molecule has 0 unspecified atom stereocenters. The lowest BCUT2D eigenvalue weighted by atomic mass is 10.2. The first-order valence-electron chi connectivity index (χ1n) is 9.36. The van der Waals surface area contributed by atoms with Crippen LogP contribution in [-0.4, -0.2) is 53.5 Å². The molecule has 164 valence electrons. The highest BCUT2D eigenvalue weighted by molar-refractivity contribution is 7.92. The summed E-state index contributed by atoms with van der Waals surface area (Å²) in [7, 11) is -0.585. The van der Waals surface area contributed by atoms with Crippen LogP contribution in [0.25, 0.3) is 0 Å². The highest BCUT2D eigenvalue weighted by Crippen LogP contribution is 2.24. The maximum atomic E-state index is 12.7. The quantitative estimate of drug-likeness (QED) is 0.615. The van der Waals surface area contributed by atoms with E-state index in [0.29, 0.717) is 17.2 Å². The van der Waals surface area contributed by atoms with Crippen molar-refractivity contribution in [2.24, 2.45) is 0 Å². The maximum absolute atomic E-state index is 12.7. The predicted octanol–water partition coefficient (Wildman–Crippen LogP) is 2.44. The molecule has 2 atom stereocenters. The number of carbonyl (C=O) groups is 1. The highest BCUT2D eigenvalue weighted by atomic mass is 32.2. The second-order valence-corrected chi connectivity index (χ2v) is 8.69. The number of nitrogens with zero attached hydrogens (tertiary/aromatic N) is 1. The van der Waals surface area contributed by atoms with Gasteiger partial charge in [-0.05, 0) is 62.4 Å². The third-order valence-electron chi connectivity index (χ3n) is 4.36. The van der Waals surface area contributed by atoms with Gasteiger partial charge in [0.15, 0.2) is 0 Å². The monoisotopic (exact) mass is 436 g/mol. The molecule has 0 aromatic heterocycles. The fraction of sp³-hybridized carbons (Fsp3) is 0.381. The molecule has 2 rings (SSSR count). The third kappa shape index (κ3) is 6.28. The van der Waals surface area contributed by atoms with E-state index in [2.05, 4.69) is 5.32 Å². The minimum atomic E-state index is -3.69. The Morgan fingerprint density at radius 2 is 1.40 bits per heavy atom. The molecule has 0 radical (unpaired) electrons. The van der Waals surface area contributed by atoms with Crippen molar-refractivity contribution < 1.29 is 27.4 Å². The van der Waals surface area contributed by atoms with E-state index in [0.717, 1.165) is 16.3 Å². The van der Waals surface area contributed by atoms with E-state index in [1.807, 2.05) is 0 Å². The Bertz CT molecular complexity index is 929. The summed E-state index contributed by atoms with van der Waals surface area (Å²) in [5.41, 5.74) is 0.378. The molecule has 0 bridgehead atoms. The third-order valence-corrected chi connectivity index (χ3v) is 5.61. The Labute approximate surface area is 177 Å². The Morgan fingerprint density at radius 3 is 1.87 bits per heavy atom. The largest absolute Gasteiger partial charge is 0.497 e. The molecule has 0 aliphatic rings. The van der Waals surface area contributed by atoms with E-state index in [4.69, 9.17) is 14.2 Å². The van der Waals surface area contributed by atoms with Gasteiger partial charge in [-0.3, -0.25) is 9.10 Å². The zero-order chi connectivity index (χ0) is 22.3. The average molecular weight is 437 g/mol. The molecule has 0 fully saturated rings. The summed E-state index contributed by atoms with van der Waals surface area (Å²) in [6, 6.07) is 12.3. The van der Waals surface area contributed by atoms with Crippen molar-refractivity contribution in [1.29, 1.82) is 0 Å². The second kappa shape index (κ2) is 10.2. The first kappa shape index (κ1) is 23.3. The Hall–Kier alpha value is -2.94. The van der Waals surface area contributed by atoms with Gasteiger partial charge in [0.05, 0.1) is 32.2 Å². The number of amides is 1. The topological polar surface area (TPSA) is 94.2 Å². The van der Waals surface area contributed by atoms with Crippen LogP contribution in [0, 0.1) is 0 Å². The second-order valence-electron chi connectivity index (χ2n) is 6.83. The van der Waals surface area contributed by atoms with Crippen LogP contribution in [0.15, 0.2) is 48.5 Å². The van der Waals surface area contributed by atoms with Crippen LogP contribution in [0.5, 0.6) is 17.2 Å². The van der Waals surface area contributed by atoms with Gasteiger partial charge in [-0.2, -0.15) is 0 Å². The molecule has 0 aliphatic heterocycles. The lowest BCUT2D eigenvalue weighted by Gasteiger charge is -2.29. The van der Waals surface area contributed by atoms with E-state index in [1.165, 1.54) is 14.0 Å². The van der Waals surface area contributed by atoms with E-state index in [9.17, 15) is 13.2 Å². The Morgan fingerprint density at radius 1 is 0.933 bits per heavy atom. The molecule has 0 aliphatic carbocycles. The molecular formula is C21H28N2O6S. The fourth-order valence-electron chi connectivity index (χ4n) is 2.84. The molecule has 1 N–H and O–H groups in total. The fourth-order valence-corrected chi connectivity index (χ4v) is 4.01. The number of ether oxygens (including phenoxy) is 3. The standard InChI is InChI=1S/C21H28N2O6S/c1-15(14-29-20-12-10-19(28-4)11-13-20)22-21(24)16(2)23(30(5,25)26)17-6-8-18(27-3)9-7-17/h6-13,15-16H,14H2,1-5H3,(H,22,24)/t15-,16-/m1/s1. The van der Waals surface area contributed by atoms with Gasteiger partial charge in [-0.1, -0.05) is 0 Å². The van der Waals surface area contributed by atoms with Crippen LogP contribution < -0.4 is 23.8 Å². The van der Waals surface area contributed by atoms with Crippen molar-refractivity contribution in [3.05, 3.63) is 48.5 Å². The molecule has 2 aromatic rings. The van der Waals surface area contributed by atoms with Crippen molar-refractivity contribution in [2.75, 3.05) is 31.4 Å². The van der Waals surface area contributed by atoms with E-state index >= 15 is 0 Å². The maximum Gasteiger partial charge on any atom is 0.243 e. The van der Waals surface area contributed by atoms with Crippen LogP contribution in [-0.2, 0) is 14.8 Å². The number of benzene rings is 2. The van der Waals surface area contributed by atoms with E-state index in [-0.39, 0.29) is 12.6 Å². The van der Waals surface area contributed by atoms with Crippen molar-refractivity contribution in [1.82, 2.24) is 5.32 Å². The number of carbonyl (C=O) groups excluding carboxylic acids is 1. The number of rotatable bonds is 10. The molecule has 30 heavy (non-hydrogen) atoms. The van der Waals surface area contributed by atoms with Gasteiger partial charge in [0.25, 0.3) is 0 Å². The van der Waals surface area contributed by atoms with Crippen LogP contribution >= 0.6 is 0 Å². The van der Waals surface area contributed by atoms with Gasteiger partial charge < -0.3 is 19.5 Å². The molecule has 9 heteroatoms. The van der Waals surface area contributed by atoms with Crippen LogP contribution in [0.2, 0.25) is 0 Å². The Balaban J connectivity index is 2.02. The first-order chi connectivity index (χ1) is 14.2. The smallest absolute Gasteiger partial charge is 0.243 e. The predicted molar refractivity (Wildman–Crippen MR) is 116 cm³/mol. The van der Waals surface area contributed by atoms with Crippen molar-refractivity contribution >= 4 is 21.6 Å². The van der Waals surface area contributed by atoms with E-state index in [1.54, 1.807) is 62.6 Å². The van der Waals surface area contributed by atoms with Crippen LogP contribution in [0.3, 0.4) is 0 Å². The summed E-state index contributed by atoms with van der Waals surface area (Å²) >= 11 is 0. The summed E-state index contributed by atoms with van der Waals surface area (Å²) in [6.07, 6.45) is 1.07. The lowest BCUT2D eigenvalue weighted by molar-refractivity contribution is -0.122. The zero-order valence-electron chi connectivity index (χ0n) is 17.8. The molecule has 0 heterocycles. The van der Waals surface area contributed by atoms with Gasteiger partial charge in [0.2, 0.25) is 15.9 Å². The summed E-state index contributed by atoms with van der Waals surface area (Å²) in [6.45, 7) is 3.55. The van der Waals surface area contributed by atoms with Crippen molar-refractivity contribution in [2.45, 2.75) is 25.9 Å². The average Bonchev–Trinajstić information content (AvgIpc) is 2.72. The van der Waals surface area contributed by atoms with Crippen molar-refractivity contribution in [3.8, 4) is 17.2 Å². The van der Waals surface area contributed by atoms with E-state index < -0.39 is 22.0 Å². The number of hydrogen-bond acceptors (Lipinski definition) is 6. The van der Waals surface area contributed by atoms with Crippen LogP contribution in [0.4, 0.5) is 5.69 Å². The van der Waals surface area contributed by atoms with Crippen LogP contribution in [0.1, 0.15) is 13.8 Å². The number of nitrogens with one attached hydrogen (secondary N) is 1. The lowest BCUT2D eigenvalue weighted by Crippen LogP contribution is -2.50. The van der Waals surface area contributed by atoms with Gasteiger partial charge in [-0.25, -0.2) is 8.42 Å². The molecule has 2 aromatic carbocycles. The molecule has 0 saturated heterocycles. The number of hydrogen-bond donors (Lipinski definition) is 1. The minimum Gasteiger partial charge on any atom is -0.497 e. The number of anilines is 1. The van der Waals surface area contributed by atoms with Gasteiger partial charge in [-0.15, -0.1) is 0 Å². The highest BCUT2D eigenvalue weighted by Gasteiger charge is 2.29. The van der Waals surface area contributed by atoms with Gasteiger partial charge >= 0.3 is 0 Å². The van der Waals surface area contributed by atoms with Gasteiger partial charge in [0, 0.05) is 0 Å². The number of methoxy groups -OCH3 is 2. The molecule has 0 spiro atoms. The molecular weight excluding hydrogens is 408 g/mol. The molecule has 8 nitrogen and oxygen atoms in total. The SMILES string of the molecule is COc1ccc(OC[C@@H](C)NC(=O)[C@@H](C)N(c2ccc(OC)cc2)S(C)(=O)=O)cc1. The Kier molecular flexibility index (Phi) is 7.93. The van der Waals surface area contributed by atoms with Crippen molar-refractivity contribution in [3.63, 3.8) is 0 Å². The summed E-state index contributed by atoms with van der Waals surface area (Å²) in [5, 5.41) is 2.80.